The van der Waals surface area contributed by atoms with Crippen LogP contribution in [0.1, 0.15) is 33.1 Å². The molecule has 0 radical (unpaired) electrons. The highest BCUT2D eigenvalue weighted by Gasteiger charge is 2.45. The molecule has 2 atom stereocenters. The Kier molecular flexibility index (Phi) is 4.93. The Morgan fingerprint density at radius 1 is 0.733 bits per heavy atom. The third-order valence-corrected chi connectivity index (χ3v) is 2.48. The van der Waals surface area contributed by atoms with Crippen LogP contribution >= 0.6 is 0 Å². The first-order chi connectivity index (χ1) is 6.62. The molecular formula is C9H14F6. The highest BCUT2D eigenvalue weighted by atomic mass is 19.4. The van der Waals surface area contributed by atoms with Crippen molar-refractivity contribution in [3.63, 3.8) is 0 Å². The fourth-order valence-electron chi connectivity index (χ4n) is 1.41. The zero-order chi connectivity index (χ0) is 12.3. The molecule has 0 aromatic rings. The van der Waals surface area contributed by atoms with E-state index in [0.717, 1.165) is 0 Å². The number of rotatable bonds is 4. The quantitative estimate of drug-likeness (QED) is 0.628. The third kappa shape index (κ3) is 4.75. The second kappa shape index (κ2) is 5.07. The Labute approximate surface area is 84.7 Å². The molecule has 0 aromatic carbocycles. The highest BCUT2D eigenvalue weighted by molar-refractivity contribution is 4.74. The minimum atomic E-state index is -4.53. The predicted octanol–water partition coefficient (Wildman–Crippen LogP) is 4.55. The summed E-state index contributed by atoms with van der Waals surface area (Å²) in [5.74, 6) is -3.71. The van der Waals surface area contributed by atoms with Crippen LogP contribution in [-0.2, 0) is 0 Å². The molecule has 0 heterocycles. The summed E-state index contributed by atoms with van der Waals surface area (Å²) in [7, 11) is 0. The Balaban J connectivity index is 4.52. The maximum atomic E-state index is 12.2. The van der Waals surface area contributed by atoms with E-state index in [1.165, 1.54) is 13.8 Å². The van der Waals surface area contributed by atoms with Crippen molar-refractivity contribution in [3.05, 3.63) is 0 Å². The summed E-state index contributed by atoms with van der Waals surface area (Å²) in [6.45, 7) is 2.50. The average molecular weight is 236 g/mol. The van der Waals surface area contributed by atoms with Gasteiger partial charge in [-0.1, -0.05) is 13.8 Å². The van der Waals surface area contributed by atoms with E-state index in [2.05, 4.69) is 0 Å². The SMILES string of the molecule is CCC(CC(CC)C(F)(F)F)C(F)(F)F. The summed E-state index contributed by atoms with van der Waals surface area (Å²) >= 11 is 0. The Bertz CT molecular complexity index is 160. The van der Waals surface area contributed by atoms with Gasteiger partial charge in [-0.25, -0.2) is 0 Å². The number of hydrogen-bond acceptors (Lipinski definition) is 0. The molecule has 0 aromatic heterocycles. The van der Waals surface area contributed by atoms with Crippen LogP contribution in [0.15, 0.2) is 0 Å². The van der Waals surface area contributed by atoms with E-state index in [1.54, 1.807) is 0 Å². The van der Waals surface area contributed by atoms with E-state index >= 15 is 0 Å². The van der Waals surface area contributed by atoms with E-state index in [9.17, 15) is 26.3 Å². The molecule has 0 fully saturated rings. The molecule has 0 saturated carbocycles. The van der Waals surface area contributed by atoms with Crippen LogP contribution in [0.25, 0.3) is 0 Å². The van der Waals surface area contributed by atoms with Crippen molar-refractivity contribution < 1.29 is 26.3 Å². The van der Waals surface area contributed by atoms with Gasteiger partial charge in [0.15, 0.2) is 0 Å². The first-order valence-electron chi connectivity index (χ1n) is 4.76. The van der Waals surface area contributed by atoms with Gasteiger partial charge in [0, 0.05) is 0 Å². The first-order valence-corrected chi connectivity index (χ1v) is 4.76. The normalized spacial score (nSPS) is 17.6. The van der Waals surface area contributed by atoms with Crippen molar-refractivity contribution in [2.24, 2.45) is 11.8 Å². The minimum Gasteiger partial charge on any atom is -0.171 e. The Morgan fingerprint density at radius 3 is 1.13 bits per heavy atom. The lowest BCUT2D eigenvalue weighted by atomic mass is 9.90. The van der Waals surface area contributed by atoms with Gasteiger partial charge in [-0.05, 0) is 19.3 Å². The Morgan fingerprint density at radius 2 is 1.00 bits per heavy atom. The zero-order valence-electron chi connectivity index (χ0n) is 8.54. The second-order valence-electron chi connectivity index (χ2n) is 3.53. The lowest BCUT2D eigenvalue weighted by molar-refractivity contribution is -0.211. The third-order valence-electron chi connectivity index (χ3n) is 2.48. The summed E-state index contributed by atoms with van der Waals surface area (Å²) in [5, 5.41) is 0. The van der Waals surface area contributed by atoms with E-state index in [1.807, 2.05) is 0 Å². The average Bonchev–Trinajstić information content (AvgIpc) is 2.01. The molecule has 0 rings (SSSR count). The molecule has 6 heteroatoms. The molecule has 0 N–H and O–H groups in total. The van der Waals surface area contributed by atoms with Crippen molar-refractivity contribution in [2.75, 3.05) is 0 Å². The van der Waals surface area contributed by atoms with Crippen LogP contribution < -0.4 is 0 Å². The van der Waals surface area contributed by atoms with Gasteiger partial charge in [0.05, 0.1) is 11.8 Å². The van der Waals surface area contributed by atoms with Gasteiger partial charge in [0.25, 0.3) is 0 Å². The summed E-state index contributed by atoms with van der Waals surface area (Å²) in [6.07, 6.45) is -10.5. The maximum absolute atomic E-state index is 12.2. The van der Waals surface area contributed by atoms with Crippen molar-refractivity contribution >= 4 is 0 Å². The van der Waals surface area contributed by atoms with Gasteiger partial charge in [-0.3, -0.25) is 0 Å². The zero-order valence-corrected chi connectivity index (χ0v) is 8.54. The number of hydrogen-bond donors (Lipinski definition) is 0. The fourth-order valence-corrected chi connectivity index (χ4v) is 1.41. The smallest absolute Gasteiger partial charge is 0.171 e. The van der Waals surface area contributed by atoms with Crippen LogP contribution in [0.2, 0.25) is 0 Å². The van der Waals surface area contributed by atoms with Crippen LogP contribution in [0.3, 0.4) is 0 Å². The van der Waals surface area contributed by atoms with Crippen molar-refractivity contribution in [1.82, 2.24) is 0 Å². The van der Waals surface area contributed by atoms with Crippen molar-refractivity contribution in [2.45, 2.75) is 45.5 Å². The molecule has 0 bridgehead atoms. The second-order valence-corrected chi connectivity index (χ2v) is 3.53. The lowest BCUT2D eigenvalue weighted by Gasteiger charge is -2.25. The van der Waals surface area contributed by atoms with Gasteiger partial charge < -0.3 is 0 Å². The van der Waals surface area contributed by atoms with Crippen molar-refractivity contribution in [1.29, 1.82) is 0 Å². The summed E-state index contributed by atoms with van der Waals surface area (Å²) in [4.78, 5) is 0. The van der Waals surface area contributed by atoms with Gasteiger partial charge in [0.2, 0.25) is 0 Å². The molecule has 0 saturated heterocycles. The molecular weight excluding hydrogens is 222 g/mol. The molecule has 0 amide bonds. The molecule has 92 valence electrons. The van der Waals surface area contributed by atoms with Gasteiger partial charge in [0.1, 0.15) is 0 Å². The Hall–Kier alpha value is -0.420. The van der Waals surface area contributed by atoms with E-state index < -0.39 is 30.6 Å². The van der Waals surface area contributed by atoms with Crippen LogP contribution in [0.5, 0.6) is 0 Å². The fraction of sp³-hybridized carbons (Fsp3) is 1.00. The summed E-state index contributed by atoms with van der Waals surface area (Å²) in [5.41, 5.74) is 0. The van der Waals surface area contributed by atoms with Gasteiger partial charge >= 0.3 is 12.4 Å². The summed E-state index contributed by atoms with van der Waals surface area (Å²) in [6, 6.07) is 0. The topological polar surface area (TPSA) is 0 Å². The number of halogens is 6. The minimum absolute atomic E-state index is 0.309. The monoisotopic (exact) mass is 236 g/mol. The predicted molar refractivity (Wildman–Crippen MR) is 44.3 cm³/mol. The van der Waals surface area contributed by atoms with Crippen LogP contribution in [-0.4, -0.2) is 12.4 Å². The van der Waals surface area contributed by atoms with E-state index in [4.69, 9.17) is 0 Å². The molecule has 0 aliphatic carbocycles. The van der Waals surface area contributed by atoms with Crippen LogP contribution in [0.4, 0.5) is 26.3 Å². The molecule has 0 nitrogen and oxygen atoms in total. The van der Waals surface area contributed by atoms with Crippen molar-refractivity contribution in [3.8, 4) is 0 Å². The lowest BCUT2D eigenvalue weighted by Crippen LogP contribution is -2.30. The summed E-state index contributed by atoms with van der Waals surface area (Å²) < 4.78 is 73.4. The standard InChI is InChI=1S/C9H14F6/c1-3-6(8(10,11)12)5-7(4-2)9(13,14)15/h6-7H,3-5H2,1-2H3. The largest absolute Gasteiger partial charge is 0.391 e. The maximum Gasteiger partial charge on any atom is 0.391 e. The van der Waals surface area contributed by atoms with E-state index in [0.29, 0.717) is 0 Å². The molecule has 0 aliphatic heterocycles. The highest BCUT2D eigenvalue weighted by Crippen LogP contribution is 2.40. The first kappa shape index (κ1) is 14.6. The molecule has 0 spiro atoms. The van der Waals surface area contributed by atoms with Crippen LogP contribution in [0, 0.1) is 11.8 Å². The van der Waals surface area contributed by atoms with Gasteiger partial charge in [-0.2, -0.15) is 26.3 Å². The van der Waals surface area contributed by atoms with Gasteiger partial charge in [-0.15, -0.1) is 0 Å². The molecule has 0 aliphatic rings. The molecule has 15 heavy (non-hydrogen) atoms. The molecule has 2 unspecified atom stereocenters. The number of alkyl halides is 6. The van der Waals surface area contributed by atoms with E-state index in [-0.39, 0.29) is 12.8 Å².